The van der Waals surface area contributed by atoms with Gasteiger partial charge in [-0.05, 0) is 36.5 Å². The maximum absolute atomic E-state index is 13.4. The van der Waals surface area contributed by atoms with Gasteiger partial charge >= 0.3 is 15.5 Å². The number of sulfonamides is 1. The molecule has 2 rings (SSSR count). The van der Waals surface area contributed by atoms with Crippen molar-refractivity contribution in [2.75, 3.05) is 26.7 Å². The fourth-order valence-electron chi connectivity index (χ4n) is 3.01. The molecule has 0 aromatic heterocycles. The topological polar surface area (TPSA) is 94.0 Å². The number of guanidine groups is 1. The first kappa shape index (κ1) is 23.4. The minimum Gasteiger partial charge on any atom is -0.392 e. The zero-order valence-electron chi connectivity index (χ0n) is 15.8. The normalized spacial score (nSPS) is 17.4. The summed E-state index contributed by atoms with van der Waals surface area (Å²) < 4.78 is 74.6. The Labute approximate surface area is 166 Å². The maximum atomic E-state index is 13.4. The van der Waals surface area contributed by atoms with Gasteiger partial charge in [-0.25, -0.2) is 12.8 Å². The van der Waals surface area contributed by atoms with E-state index in [9.17, 15) is 26.0 Å². The van der Waals surface area contributed by atoms with Crippen LogP contribution in [-0.4, -0.2) is 56.0 Å². The Kier molecular flexibility index (Phi) is 7.83. The molecule has 0 amide bonds. The number of nitrogens with one attached hydrogen (secondary N) is 2. The molecule has 1 fully saturated rings. The molecule has 1 aromatic rings. The van der Waals surface area contributed by atoms with E-state index in [1.807, 2.05) is 0 Å². The molecule has 0 aliphatic carbocycles. The molecule has 1 aliphatic heterocycles. The predicted octanol–water partition coefficient (Wildman–Crippen LogP) is 1.54. The van der Waals surface area contributed by atoms with Crippen LogP contribution < -0.4 is 10.6 Å². The van der Waals surface area contributed by atoms with Gasteiger partial charge in [0.1, 0.15) is 5.82 Å². The van der Waals surface area contributed by atoms with Crippen molar-refractivity contribution in [3.8, 4) is 0 Å². The molecule has 12 heteroatoms. The molecule has 1 aliphatic rings. The van der Waals surface area contributed by atoms with E-state index in [-0.39, 0.29) is 24.6 Å². The van der Waals surface area contributed by atoms with Crippen LogP contribution in [0.5, 0.6) is 0 Å². The van der Waals surface area contributed by atoms with Gasteiger partial charge in [0, 0.05) is 38.8 Å². The highest BCUT2D eigenvalue weighted by Gasteiger charge is 2.50. The second kappa shape index (κ2) is 9.72. The zero-order chi connectivity index (χ0) is 21.7. The molecular formula is C17H24F4N4O3S. The highest BCUT2D eigenvalue weighted by Crippen LogP contribution is 2.30. The maximum Gasteiger partial charge on any atom is 0.511 e. The molecule has 0 atom stereocenters. The summed E-state index contributed by atoms with van der Waals surface area (Å²) in [5, 5.41) is 15.2. The third-order valence-corrected chi connectivity index (χ3v) is 6.36. The summed E-state index contributed by atoms with van der Waals surface area (Å²) in [6.45, 7) is -0.0189. The molecule has 1 heterocycles. The van der Waals surface area contributed by atoms with Crippen LogP contribution in [0.4, 0.5) is 17.6 Å². The number of aliphatic hydroxyl groups is 1. The number of halogens is 4. The van der Waals surface area contributed by atoms with Crippen LogP contribution in [0.25, 0.3) is 0 Å². The third kappa shape index (κ3) is 6.03. The highest BCUT2D eigenvalue weighted by atomic mass is 32.2. The van der Waals surface area contributed by atoms with E-state index in [0.29, 0.717) is 36.2 Å². The number of hydrogen-bond acceptors (Lipinski definition) is 4. The third-order valence-electron chi connectivity index (χ3n) is 4.73. The number of alkyl halides is 3. The van der Waals surface area contributed by atoms with Crippen molar-refractivity contribution in [2.24, 2.45) is 10.9 Å². The first-order chi connectivity index (χ1) is 13.6. The van der Waals surface area contributed by atoms with Gasteiger partial charge in [0.2, 0.25) is 0 Å². The summed E-state index contributed by atoms with van der Waals surface area (Å²) >= 11 is 0. The van der Waals surface area contributed by atoms with Crippen molar-refractivity contribution in [2.45, 2.75) is 31.5 Å². The van der Waals surface area contributed by atoms with E-state index in [2.05, 4.69) is 15.6 Å². The summed E-state index contributed by atoms with van der Waals surface area (Å²) in [5.41, 5.74) is -4.35. The van der Waals surface area contributed by atoms with Crippen molar-refractivity contribution >= 4 is 16.0 Å². The van der Waals surface area contributed by atoms with Gasteiger partial charge in [-0.3, -0.25) is 4.99 Å². The van der Waals surface area contributed by atoms with Gasteiger partial charge in [0.05, 0.1) is 6.61 Å². The number of aliphatic hydroxyl groups excluding tert-OH is 1. The number of piperidine rings is 1. The van der Waals surface area contributed by atoms with Gasteiger partial charge in [-0.15, -0.1) is 0 Å². The van der Waals surface area contributed by atoms with Crippen LogP contribution >= 0.6 is 0 Å². The smallest absolute Gasteiger partial charge is 0.392 e. The molecule has 0 radical (unpaired) electrons. The fraction of sp³-hybridized carbons (Fsp3) is 0.588. The van der Waals surface area contributed by atoms with E-state index in [1.54, 1.807) is 13.1 Å². The van der Waals surface area contributed by atoms with E-state index in [0.717, 1.165) is 5.56 Å². The quantitative estimate of drug-likeness (QED) is 0.355. The van der Waals surface area contributed by atoms with Gasteiger partial charge in [-0.1, -0.05) is 6.07 Å². The average molecular weight is 440 g/mol. The van der Waals surface area contributed by atoms with Crippen molar-refractivity contribution in [1.29, 1.82) is 0 Å². The van der Waals surface area contributed by atoms with Crippen molar-refractivity contribution in [1.82, 2.24) is 14.9 Å². The first-order valence-electron chi connectivity index (χ1n) is 8.97. The number of aliphatic imine (C=N–C) groups is 1. The van der Waals surface area contributed by atoms with Crippen LogP contribution in [0.1, 0.15) is 24.0 Å². The first-order valence-corrected chi connectivity index (χ1v) is 10.4. The molecule has 3 N–H and O–H groups in total. The molecule has 0 saturated carbocycles. The zero-order valence-corrected chi connectivity index (χ0v) is 16.7. The molecule has 164 valence electrons. The van der Waals surface area contributed by atoms with Crippen LogP contribution in [0.3, 0.4) is 0 Å². The van der Waals surface area contributed by atoms with E-state index in [4.69, 9.17) is 5.11 Å². The largest absolute Gasteiger partial charge is 0.511 e. The molecule has 7 nitrogen and oxygen atoms in total. The molecule has 1 saturated heterocycles. The number of benzene rings is 1. The van der Waals surface area contributed by atoms with E-state index >= 15 is 0 Å². The van der Waals surface area contributed by atoms with Gasteiger partial charge < -0.3 is 15.7 Å². The molecule has 1 aromatic carbocycles. The standard InChI is InChI=1S/C17H24F4N4O3S/c1-22-16(24-10-13-2-3-15(18)14(8-13)11-26)23-9-12-4-6-25(7-5-12)29(27,28)17(19,20)21/h2-3,8,12,26H,4-7,9-11H2,1H3,(H2,22,23,24). The van der Waals surface area contributed by atoms with Gasteiger partial charge in [-0.2, -0.15) is 17.5 Å². The lowest BCUT2D eigenvalue weighted by Crippen LogP contribution is -2.47. The summed E-state index contributed by atoms with van der Waals surface area (Å²) in [6, 6.07) is 4.37. The molecule has 0 bridgehead atoms. The number of nitrogens with zero attached hydrogens (tertiary/aromatic N) is 2. The average Bonchev–Trinajstić information content (AvgIpc) is 2.68. The predicted molar refractivity (Wildman–Crippen MR) is 99.8 cm³/mol. The van der Waals surface area contributed by atoms with Gasteiger partial charge in [0.25, 0.3) is 0 Å². The number of rotatable bonds is 6. The second-order valence-corrected chi connectivity index (χ2v) is 8.61. The molecule has 0 unspecified atom stereocenters. The summed E-state index contributed by atoms with van der Waals surface area (Å²) in [5.74, 6) is -0.0390. The Hall–Kier alpha value is -1.92. The Bertz CT molecular complexity index is 822. The molecule has 0 spiro atoms. The lowest BCUT2D eigenvalue weighted by molar-refractivity contribution is -0.0496. The minimum atomic E-state index is -5.28. The fourth-order valence-corrected chi connectivity index (χ4v) is 3.99. The van der Waals surface area contributed by atoms with Crippen molar-refractivity contribution in [3.05, 3.63) is 35.1 Å². The van der Waals surface area contributed by atoms with Crippen LogP contribution in [0, 0.1) is 11.7 Å². The summed E-state index contributed by atoms with van der Waals surface area (Å²) in [6.07, 6.45) is 0.605. The Morgan fingerprint density at radius 1 is 1.28 bits per heavy atom. The molecular weight excluding hydrogens is 416 g/mol. The summed E-state index contributed by atoms with van der Waals surface area (Å²) in [7, 11) is -3.72. The van der Waals surface area contributed by atoms with E-state index < -0.39 is 28.0 Å². The molecule has 29 heavy (non-hydrogen) atoms. The lowest BCUT2D eigenvalue weighted by Gasteiger charge is -2.31. The lowest BCUT2D eigenvalue weighted by atomic mass is 9.98. The van der Waals surface area contributed by atoms with Crippen molar-refractivity contribution < 1.29 is 31.1 Å². The Balaban J connectivity index is 1.81. The van der Waals surface area contributed by atoms with Gasteiger partial charge in [0.15, 0.2) is 5.96 Å². The van der Waals surface area contributed by atoms with Crippen LogP contribution in [0.15, 0.2) is 23.2 Å². The van der Waals surface area contributed by atoms with Crippen molar-refractivity contribution in [3.63, 3.8) is 0 Å². The second-order valence-electron chi connectivity index (χ2n) is 6.68. The van der Waals surface area contributed by atoms with Crippen LogP contribution in [-0.2, 0) is 23.2 Å². The summed E-state index contributed by atoms with van der Waals surface area (Å²) in [4.78, 5) is 4.05. The highest BCUT2D eigenvalue weighted by molar-refractivity contribution is 7.90. The monoisotopic (exact) mass is 440 g/mol. The Morgan fingerprint density at radius 3 is 2.48 bits per heavy atom. The van der Waals surface area contributed by atoms with Crippen LogP contribution in [0.2, 0.25) is 0 Å². The van der Waals surface area contributed by atoms with E-state index in [1.165, 1.54) is 12.1 Å². The number of hydrogen-bond donors (Lipinski definition) is 3. The SMILES string of the molecule is CN=C(NCc1ccc(F)c(CO)c1)NCC1CCN(S(=O)(=O)C(F)(F)F)CC1. The minimum absolute atomic E-state index is 0.0000429. The Morgan fingerprint density at radius 2 is 1.93 bits per heavy atom.